The Morgan fingerprint density at radius 3 is 1.24 bits per heavy atom. The molecule has 33 heavy (non-hydrogen) atoms. The zero-order valence-electron chi connectivity index (χ0n) is 20.2. The van der Waals surface area contributed by atoms with E-state index in [0.717, 1.165) is 5.69 Å². The van der Waals surface area contributed by atoms with E-state index < -0.39 is 18.4 Å². The smallest absolute Gasteiger partial charge is 0.0547 e. The minimum Gasteiger partial charge on any atom is -0.0587 e. The molecular weight excluding hydrogens is 513 g/mol. The van der Waals surface area contributed by atoms with Gasteiger partial charge in [0.1, 0.15) is 0 Å². The first kappa shape index (κ1) is 23.3. The molecule has 0 saturated carbocycles. The van der Waals surface area contributed by atoms with Crippen molar-refractivity contribution in [3.63, 3.8) is 0 Å². The number of nitrogens with zero attached hydrogens (tertiary/aromatic N) is 1. The Balaban J connectivity index is 1.65. The van der Waals surface area contributed by atoms with E-state index in [1.54, 1.807) is 0 Å². The summed E-state index contributed by atoms with van der Waals surface area (Å²) in [6.45, 7) is 4.25. The molecule has 0 aliphatic rings. The van der Waals surface area contributed by atoms with Crippen molar-refractivity contribution in [2.75, 3.05) is 19.7 Å². The number of rotatable bonds is 6. The van der Waals surface area contributed by atoms with Gasteiger partial charge in [0.2, 0.25) is 0 Å². The SMILES string of the molecule is Cc1ccc(/C=C/c2ccc(N(c3ccc(C)cc3)c3ccc([I-](C)(C)C)cc3)cc2)cc1. The first-order chi connectivity index (χ1) is 15.8. The van der Waals surface area contributed by atoms with Gasteiger partial charge in [0, 0.05) is 0 Å². The van der Waals surface area contributed by atoms with Gasteiger partial charge in [0.15, 0.2) is 0 Å². The van der Waals surface area contributed by atoms with E-state index in [-0.39, 0.29) is 0 Å². The molecule has 0 fully saturated rings. The summed E-state index contributed by atoms with van der Waals surface area (Å²) in [5.41, 5.74) is 8.49. The Labute approximate surface area is 203 Å². The molecule has 0 unspecified atom stereocenters. The van der Waals surface area contributed by atoms with Crippen LogP contribution in [0.5, 0.6) is 0 Å². The van der Waals surface area contributed by atoms with Crippen LogP contribution < -0.4 is 23.3 Å². The van der Waals surface area contributed by atoms with E-state index in [1.165, 1.54) is 37.2 Å². The molecule has 1 nitrogen and oxygen atoms in total. The standard InChI is InChI=1S/C31H33IN/c1-24-6-10-26(11-7-24)12-13-27-14-20-30(21-15-27)33(29-18-8-25(2)9-19-29)31-22-16-28(17-23-31)32(3,4)5/h6-23H,1-5H3/q-1/b13-12+. The molecule has 0 spiro atoms. The van der Waals surface area contributed by atoms with Crippen LogP contribution in [-0.4, -0.2) is 14.8 Å². The van der Waals surface area contributed by atoms with Crippen molar-refractivity contribution >= 4 is 29.2 Å². The zero-order valence-corrected chi connectivity index (χ0v) is 22.4. The fourth-order valence-electron chi connectivity index (χ4n) is 3.71. The van der Waals surface area contributed by atoms with Gasteiger partial charge in [-0.3, -0.25) is 0 Å². The molecule has 4 rings (SSSR count). The third-order valence-electron chi connectivity index (χ3n) is 5.73. The number of halogens is 1. The summed E-state index contributed by atoms with van der Waals surface area (Å²) in [6, 6.07) is 35.4. The number of aryl methyl sites for hydroxylation is 2. The Hall–Kier alpha value is -2.85. The van der Waals surface area contributed by atoms with Crippen LogP contribution in [0.15, 0.2) is 97.1 Å². The van der Waals surface area contributed by atoms with Gasteiger partial charge in [-0.25, -0.2) is 0 Å². The van der Waals surface area contributed by atoms with E-state index >= 15 is 0 Å². The summed E-state index contributed by atoms with van der Waals surface area (Å²) in [4.78, 5) is 9.64. The molecular formula is C31H33IN-. The van der Waals surface area contributed by atoms with Gasteiger partial charge in [-0.15, -0.1) is 0 Å². The molecule has 0 bridgehead atoms. The van der Waals surface area contributed by atoms with Crippen LogP contribution in [-0.2, 0) is 0 Å². The fraction of sp³-hybridized carbons (Fsp3) is 0.161. The van der Waals surface area contributed by atoms with Gasteiger partial charge in [-0.2, -0.15) is 0 Å². The molecule has 0 aliphatic carbocycles. The first-order valence-electron chi connectivity index (χ1n) is 11.2. The Morgan fingerprint density at radius 1 is 0.485 bits per heavy atom. The van der Waals surface area contributed by atoms with Gasteiger partial charge < -0.3 is 0 Å². The summed E-state index contributed by atoms with van der Waals surface area (Å²) in [6.07, 6.45) is 4.34. The molecule has 0 atom stereocenters. The summed E-state index contributed by atoms with van der Waals surface area (Å²) < 4.78 is 1.52. The minimum atomic E-state index is -1.77. The molecule has 0 N–H and O–H groups in total. The first-order valence-corrected chi connectivity index (χ1v) is 18.7. The van der Waals surface area contributed by atoms with E-state index in [4.69, 9.17) is 0 Å². The van der Waals surface area contributed by atoms with Crippen LogP contribution in [0.25, 0.3) is 12.2 Å². The predicted molar refractivity (Wildman–Crippen MR) is 142 cm³/mol. The molecule has 2 heteroatoms. The van der Waals surface area contributed by atoms with Gasteiger partial charge in [-0.1, -0.05) is 29.8 Å². The average molecular weight is 547 g/mol. The number of hydrogen-bond donors (Lipinski definition) is 0. The van der Waals surface area contributed by atoms with E-state index in [1.807, 2.05) is 0 Å². The molecule has 0 saturated heterocycles. The van der Waals surface area contributed by atoms with E-state index in [9.17, 15) is 0 Å². The van der Waals surface area contributed by atoms with E-state index in [0.29, 0.717) is 0 Å². The molecule has 4 aromatic carbocycles. The van der Waals surface area contributed by atoms with Crippen molar-refractivity contribution in [2.45, 2.75) is 13.8 Å². The molecule has 4 aromatic rings. The number of alkyl halides is 3. The maximum atomic E-state index is 2.43. The van der Waals surface area contributed by atoms with Crippen molar-refractivity contribution in [3.8, 4) is 0 Å². The van der Waals surface area contributed by atoms with Gasteiger partial charge in [-0.05, 0) is 6.92 Å². The van der Waals surface area contributed by atoms with Crippen LogP contribution in [0.1, 0.15) is 22.3 Å². The summed E-state index contributed by atoms with van der Waals surface area (Å²) in [5, 5.41) is 0. The van der Waals surface area contributed by atoms with Crippen LogP contribution in [0.4, 0.5) is 17.1 Å². The van der Waals surface area contributed by atoms with Gasteiger partial charge >= 0.3 is 167 Å². The normalized spacial score (nSPS) is 12.2. The summed E-state index contributed by atoms with van der Waals surface area (Å²) in [5.74, 6) is 0. The second-order valence-electron chi connectivity index (χ2n) is 9.18. The Kier molecular flexibility index (Phi) is 7.04. The molecule has 0 radical (unpaired) electrons. The molecule has 0 aliphatic heterocycles. The van der Waals surface area contributed by atoms with Crippen molar-refractivity contribution in [2.24, 2.45) is 0 Å². The maximum absolute atomic E-state index is 2.43. The fourth-order valence-corrected chi connectivity index (χ4v) is 6.23. The Morgan fingerprint density at radius 2 is 0.818 bits per heavy atom. The van der Waals surface area contributed by atoms with Gasteiger partial charge in [0.05, 0.1) is 0 Å². The topological polar surface area (TPSA) is 3.24 Å². The zero-order chi connectivity index (χ0) is 23.4. The molecule has 0 amide bonds. The quantitative estimate of drug-likeness (QED) is 0.184. The van der Waals surface area contributed by atoms with Gasteiger partial charge in [0.25, 0.3) is 0 Å². The monoisotopic (exact) mass is 546 g/mol. The number of benzene rings is 4. The maximum Gasteiger partial charge on any atom is -0.0547 e. The third-order valence-corrected chi connectivity index (χ3v) is 10.2. The molecule has 0 aromatic heterocycles. The van der Waals surface area contributed by atoms with Crippen molar-refractivity contribution < 1.29 is 18.4 Å². The van der Waals surface area contributed by atoms with Crippen LogP contribution in [0.3, 0.4) is 0 Å². The predicted octanol–water partition coefficient (Wildman–Crippen LogP) is 5.16. The van der Waals surface area contributed by atoms with Crippen molar-refractivity contribution in [1.29, 1.82) is 0 Å². The van der Waals surface area contributed by atoms with Crippen molar-refractivity contribution in [1.82, 2.24) is 0 Å². The Bertz CT molecular complexity index is 1210. The summed E-state index contributed by atoms with van der Waals surface area (Å²) in [7, 11) is 0. The van der Waals surface area contributed by atoms with Crippen LogP contribution >= 0.6 is 0 Å². The van der Waals surface area contributed by atoms with Crippen LogP contribution in [0.2, 0.25) is 0 Å². The number of anilines is 3. The third kappa shape index (κ3) is 5.94. The second-order valence-corrected chi connectivity index (χ2v) is 20.1. The molecule has 0 heterocycles. The average Bonchev–Trinajstić information content (AvgIpc) is 2.81. The van der Waals surface area contributed by atoms with Crippen LogP contribution in [0, 0.1) is 17.4 Å². The minimum absolute atomic E-state index is 1.16. The van der Waals surface area contributed by atoms with E-state index in [2.05, 4.69) is 143 Å². The number of hydrogen-bond acceptors (Lipinski definition) is 1. The molecule has 170 valence electrons. The second kappa shape index (κ2) is 9.96. The largest absolute Gasteiger partial charge is 0.0587 e. The van der Waals surface area contributed by atoms with Crippen molar-refractivity contribution in [3.05, 3.63) is 123 Å². The summed E-state index contributed by atoms with van der Waals surface area (Å²) >= 11 is -1.77.